The minimum absolute atomic E-state index is 0. The predicted octanol–water partition coefficient (Wildman–Crippen LogP) is 13.9. The van der Waals surface area contributed by atoms with E-state index in [2.05, 4.69) is 174 Å². The largest absolute Gasteiger partial charge is 2.00 e. The molecule has 620 valence electrons. The van der Waals surface area contributed by atoms with Crippen molar-refractivity contribution in [3.8, 4) is 58.3 Å². The molecule has 0 saturated carbocycles. The zero-order valence-corrected chi connectivity index (χ0v) is 79.3. The van der Waals surface area contributed by atoms with Gasteiger partial charge in [0.15, 0.2) is 0 Å². The first-order valence-electron chi connectivity index (χ1n) is 35.1. The fraction of sp³-hybridized carbons (Fsp3) is 0.200. The van der Waals surface area contributed by atoms with Crippen LogP contribution in [0.5, 0.6) is 11.8 Å². The van der Waals surface area contributed by atoms with Crippen molar-refractivity contribution < 1.29 is 104 Å². The Balaban J connectivity index is 0.000000180. The van der Waals surface area contributed by atoms with Gasteiger partial charge in [-0.1, -0.05) is 168 Å². The number of hydrogen-bond acceptors (Lipinski definition) is 24. The number of nitro groups is 2. The summed E-state index contributed by atoms with van der Waals surface area (Å²) in [6.45, 7) is 16.4. The number of nitrogens with zero attached hydrogens (tertiary/aromatic N) is 26. The number of hydrogen-bond donors (Lipinski definition) is 0. The molecule has 16 rings (SSSR count). The molecule has 32 nitrogen and oxygen atoms in total. The number of pyridine rings is 8. The summed E-state index contributed by atoms with van der Waals surface area (Å²) in [6.07, 6.45) is 27.7. The van der Waals surface area contributed by atoms with Crippen LogP contribution >= 0.6 is 55.4 Å². The monoisotopic (exact) mass is 2490 g/mol. The van der Waals surface area contributed by atoms with E-state index in [9.17, 15) is 20.2 Å². The molecular weight excluding hydrogens is 2430 g/mol. The molecule has 16 aromatic rings. The van der Waals surface area contributed by atoms with Crippen LogP contribution in [0.4, 0.5) is 11.6 Å². The Morgan fingerprint density at radius 2 is 0.508 bits per heavy atom. The van der Waals surface area contributed by atoms with Crippen LogP contribution < -0.4 is 9.47 Å². The van der Waals surface area contributed by atoms with Gasteiger partial charge in [-0.15, -0.1) is 56.1 Å². The number of halogens is 2. The maximum atomic E-state index is 10.9. The molecule has 0 aliphatic carbocycles. The Labute approximate surface area is 772 Å². The fourth-order valence-electron chi connectivity index (χ4n) is 11.3. The van der Waals surface area contributed by atoms with Crippen LogP contribution in [0.2, 0.25) is 0 Å². The van der Waals surface area contributed by atoms with E-state index in [1.165, 1.54) is 21.5 Å². The molecule has 0 aromatic carbocycles. The second-order valence-corrected chi connectivity index (χ2v) is 30.4. The van der Waals surface area contributed by atoms with E-state index in [-0.39, 0.29) is 95.9 Å². The minimum Gasteiger partial charge on any atom is -0.536 e. The molecule has 120 heavy (non-hydrogen) atoms. The Bertz CT molecular complexity index is 5620. The average molecular weight is 2490 g/mol. The molecule has 0 N–H and O–H groups in total. The third-order valence-electron chi connectivity index (χ3n) is 18.0. The van der Waals surface area contributed by atoms with Crippen LogP contribution in [0.15, 0.2) is 213 Å². The van der Waals surface area contributed by atoms with Crippen LogP contribution in [0.3, 0.4) is 0 Å². The maximum Gasteiger partial charge on any atom is 2.00 e. The first-order valence-corrected chi connectivity index (χ1v) is 39.2. The van der Waals surface area contributed by atoms with E-state index in [1.54, 1.807) is 126 Å². The molecule has 0 amide bonds. The molecule has 16 heterocycles. The summed E-state index contributed by atoms with van der Waals surface area (Å²) in [7, 11) is 3.14. The molecule has 0 spiro atoms. The van der Waals surface area contributed by atoms with Crippen molar-refractivity contribution in [3.05, 3.63) is 319 Å². The second-order valence-electron chi connectivity index (χ2n) is 27.1. The molecular formula is C80H68Br2N26O6Pt4S2. The van der Waals surface area contributed by atoms with E-state index in [1.807, 2.05) is 148 Å². The summed E-state index contributed by atoms with van der Waals surface area (Å²) >= 11 is 9.84. The maximum absolute atomic E-state index is 10.9. The van der Waals surface area contributed by atoms with Gasteiger partial charge in [-0.3, -0.25) is 50.1 Å². The summed E-state index contributed by atoms with van der Waals surface area (Å²) in [4.78, 5) is 58.5. The van der Waals surface area contributed by atoms with Gasteiger partial charge in [0.05, 0.1) is 60.8 Å². The van der Waals surface area contributed by atoms with Crippen LogP contribution in [0.25, 0.3) is 46.5 Å². The average Bonchev–Trinajstić information content (AvgIpc) is 1.46. The SMILES string of the molecule is CC(C)(c1cccc(-n2[c-]cc(Br)n2)n1)c1cccc(-n2[c-]cc(Br)n2)n1.CC(C)(c1cccc(-n2[c-]cc([N+](=O)[O-])n2)n1)c1cccc(-n2[c-]cc([N+](=O)[O-])n2)n1.COc1c[c-]n(-c2cccc(C(C)(C)c3cccc(-n4[c-]cc(OC)n4)n3)n2)n1.CSc1c[c-]n(-c2cccc(C(C)(C)c3cccc(-n4[c-]cc(SC)n4)n3)n2)n1.[Pt+2].[Pt+2].[Pt+2].[Pt+2]. The van der Waals surface area contributed by atoms with Crippen LogP contribution in [0, 0.1) is 69.8 Å². The van der Waals surface area contributed by atoms with Crippen LogP contribution in [-0.2, 0) is 106 Å². The molecule has 0 radical (unpaired) electrons. The summed E-state index contributed by atoms with van der Waals surface area (Å²) in [5, 5.41) is 57.5. The topological polar surface area (TPSA) is 350 Å². The number of methoxy groups -OCH3 is 2. The zero-order chi connectivity index (χ0) is 82.1. The summed E-state index contributed by atoms with van der Waals surface area (Å²) in [5.74, 6) is 5.22. The number of thioether (sulfide) groups is 2. The molecule has 40 heteroatoms. The molecule has 0 fully saturated rings. The molecule has 0 aliphatic rings. The number of aromatic nitrogens is 24. The number of rotatable bonds is 22. The van der Waals surface area contributed by atoms with Gasteiger partial charge in [0.2, 0.25) is 0 Å². The molecule has 0 atom stereocenters. The Morgan fingerprint density at radius 1 is 0.308 bits per heavy atom. The van der Waals surface area contributed by atoms with Crippen molar-refractivity contribution in [2.24, 2.45) is 0 Å². The van der Waals surface area contributed by atoms with Crippen molar-refractivity contribution in [1.82, 2.24) is 118 Å². The number of ether oxygens (including phenoxy) is 2. The third kappa shape index (κ3) is 21.7. The van der Waals surface area contributed by atoms with E-state index in [0.29, 0.717) is 67.3 Å². The summed E-state index contributed by atoms with van der Waals surface area (Å²) < 4.78 is 23.8. The van der Waals surface area contributed by atoms with Crippen LogP contribution in [-0.4, -0.2) is 155 Å². The van der Waals surface area contributed by atoms with Gasteiger partial charge >= 0.3 is 84.3 Å². The van der Waals surface area contributed by atoms with Gasteiger partial charge < -0.3 is 57.8 Å². The van der Waals surface area contributed by atoms with Crippen molar-refractivity contribution in [2.75, 3.05) is 26.7 Å². The van der Waals surface area contributed by atoms with Crippen molar-refractivity contribution >= 4 is 67.0 Å². The van der Waals surface area contributed by atoms with Crippen molar-refractivity contribution in [2.45, 2.75) is 87.1 Å². The molecule has 16 aromatic heterocycles. The molecule has 0 bridgehead atoms. The van der Waals surface area contributed by atoms with Gasteiger partial charge in [0.25, 0.3) is 11.6 Å². The fourth-order valence-corrected chi connectivity index (χ4v) is 12.5. The minimum atomic E-state index is -0.676. The zero-order valence-electron chi connectivity index (χ0n) is 65.4. The van der Waals surface area contributed by atoms with Gasteiger partial charge in [-0.2, -0.15) is 23.5 Å². The van der Waals surface area contributed by atoms with Crippen LogP contribution in [0.1, 0.15) is 101 Å². The molecule has 0 unspecified atom stereocenters. The molecule has 0 aliphatic heterocycles. The van der Waals surface area contributed by atoms with E-state index >= 15 is 0 Å². The van der Waals surface area contributed by atoms with Gasteiger partial charge in [0, 0.05) is 86.5 Å². The standard InChI is InChI=1S/C21H20N6O2.C21H20N6S2.C19H14Br2N6.C19H14N8O4.4Pt/c2*1-21(2,15-7-5-9-17(22-15)26-13-11-19(24-26)28-3)16-8-6-10-18(23-16)27-14-12-20(25-27)29-4;1-19(2,13-5-3-7-17(22-13)26-11-9-15(20)24-26)14-6-4-8-18(23-14)27-12-10-16(21)25-27;1-19(2,13-5-3-7-15(20-13)24-11-9-17(22-24)26(28)29)14-6-4-8-16(21-14)25-12-10-18(23-25)27(30)31;;;;/h2*5-12H,1-4H3;3-10H,1-2H3;3-10H,1-2H3;;;;/q4*-2;4*+2. The Kier molecular flexibility index (Phi) is 31.8. The predicted molar refractivity (Wildman–Crippen MR) is 435 cm³/mol. The Hall–Kier alpha value is -10.3. The first kappa shape index (κ1) is 93.6. The van der Waals surface area contributed by atoms with Gasteiger partial charge in [-0.25, -0.2) is 29.8 Å². The smallest absolute Gasteiger partial charge is 0.536 e. The Morgan fingerprint density at radius 3 is 0.692 bits per heavy atom. The second kappa shape index (κ2) is 40.8. The van der Waals surface area contributed by atoms with Gasteiger partial charge in [-0.05, 0) is 139 Å². The quantitative estimate of drug-likeness (QED) is 0.0263. The molecule has 0 saturated heterocycles. The van der Waals surface area contributed by atoms with E-state index in [0.717, 1.165) is 55.9 Å². The third-order valence-corrected chi connectivity index (χ3v) is 20.0. The summed E-state index contributed by atoms with van der Waals surface area (Å²) in [6, 6.07) is 58.5. The van der Waals surface area contributed by atoms with Gasteiger partial charge in [0.1, 0.15) is 11.8 Å². The summed E-state index contributed by atoms with van der Waals surface area (Å²) in [5.41, 5.74) is 4.60. The normalized spacial score (nSPS) is 11.2. The van der Waals surface area contributed by atoms with Crippen molar-refractivity contribution in [3.63, 3.8) is 0 Å². The first-order chi connectivity index (χ1) is 55.7. The van der Waals surface area contributed by atoms with E-state index in [4.69, 9.17) is 39.4 Å². The van der Waals surface area contributed by atoms with Crippen molar-refractivity contribution in [1.29, 1.82) is 0 Å². The van der Waals surface area contributed by atoms with E-state index < -0.39 is 31.5 Å².